The van der Waals surface area contributed by atoms with Crippen LogP contribution >= 0.6 is 23.1 Å². The second kappa shape index (κ2) is 17.7. The molecular formula is C38H36N4O7S2. The zero-order valence-corrected chi connectivity index (χ0v) is 30.0. The fraction of sp³-hybridized carbons (Fsp3) is 0.158. The Morgan fingerprint density at radius 3 is 2.18 bits per heavy atom. The maximum absolute atomic E-state index is 13.6. The van der Waals surface area contributed by atoms with E-state index in [-0.39, 0.29) is 17.4 Å². The van der Waals surface area contributed by atoms with Gasteiger partial charge in [0.05, 0.1) is 39.4 Å². The molecule has 0 bridgehead atoms. The van der Waals surface area contributed by atoms with Crippen molar-refractivity contribution in [2.24, 2.45) is 0 Å². The lowest BCUT2D eigenvalue weighted by molar-refractivity contribution is -0.114. The topological polar surface area (TPSA) is 137 Å². The summed E-state index contributed by atoms with van der Waals surface area (Å²) >= 11 is 2.70. The molecule has 11 nitrogen and oxygen atoms in total. The Morgan fingerprint density at radius 1 is 0.824 bits per heavy atom. The molecule has 5 aromatic rings. The van der Waals surface area contributed by atoms with Gasteiger partial charge in [0, 0.05) is 38.7 Å². The lowest BCUT2D eigenvalue weighted by Gasteiger charge is -2.15. The summed E-state index contributed by atoms with van der Waals surface area (Å²) in [5.41, 5.74) is 3.00. The maximum Gasteiger partial charge on any atom is 0.272 e. The number of amides is 3. The van der Waals surface area contributed by atoms with Crippen LogP contribution in [0, 0.1) is 0 Å². The van der Waals surface area contributed by atoms with Crippen molar-refractivity contribution in [2.75, 3.05) is 44.3 Å². The van der Waals surface area contributed by atoms with Crippen LogP contribution in [0.25, 0.3) is 17.3 Å². The van der Waals surface area contributed by atoms with Crippen LogP contribution < -0.4 is 34.9 Å². The monoisotopic (exact) mass is 724 g/mol. The van der Waals surface area contributed by atoms with Crippen molar-refractivity contribution >= 4 is 57.7 Å². The van der Waals surface area contributed by atoms with Crippen LogP contribution in [-0.2, 0) is 9.59 Å². The van der Waals surface area contributed by atoms with Gasteiger partial charge in [0.15, 0.2) is 16.6 Å². The minimum absolute atomic E-state index is 0.0302. The molecule has 13 heteroatoms. The number of carbonyl (C=O) groups excluding carboxylic acids is 3. The first kappa shape index (κ1) is 36.5. The Hall–Kier alpha value is -5.79. The number of nitrogens with zero attached hydrogens (tertiary/aromatic N) is 1. The Balaban J connectivity index is 1.23. The third kappa shape index (κ3) is 9.90. The van der Waals surface area contributed by atoms with Crippen molar-refractivity contribution in [2.45, 2.75) is 11.8 Å². The molecule has 1 heterocycles. The number of hydrogen-bond acceptors (Lipinski definition) is 10. The highest BCUT2D eigenvalue weighted by molar-refractivity contribution is 8.00. The molecule has 4 aromatic carbocycles. The van der Waals surface area contributed by atoms with E-state index in [1.54, 1.807) is 66.7 Å². The quantitative estimate of drug-likeness (QED) is 0.0747. The molecule has 0 atom stereocenters. The van der Waals surface area contributed by atoms with E-state index in [1.807, 2.05) is 36.6 Å². The molecule has 0 aliphatic rings. The third-order valence-electron chi connectivity index (χ3n) is 7.26. The van der Waals surface area contributed by atoms with Gasteiger partial charge in [-0.05, 0) is 79.7 Å². The first-order chi connectivity index (χ1) is 24.8. The lowest BCUT2D eigenvalue weighted by atomic mass is 10.1. The first-order valence-corrected chi connectivity index (χ1v) is 17.6. The number of thioether (sulfide) groups is 1. The number of rotatable bonds is 15. The number of methoxy groups -OCH3 is 3. The molecule has 3 N–H and O–H groups in total. The molecule has 51 heavy (non-hydrogen) atoms. The summed E-state index contributed by atoms with van der Waals surface area (Å²) < 4.78 is 21.8. The molecule has 0 saturated heterocycles. The highest BCUT2D eigenvalue weighted by Gasteiger charge is 2.18. The summed E-state index contributed by atoms with van der Waals surface area (Å²) in [6, 6.07) is 26.5. The van der Waals surface area contributed by atoms with E-state index in [2.05, 4.69) is 20.9 Å². The van der Waals surface area contributed by atoms with Crippen LogP contribution in [0.15, 0.2) is 107 Å². The van der Waals surface area contributed by atoms with Crippen LogP contribution in [-0.4, -0.2) is 56.4 Å². The van der Waals surface area contributed by atoms with Crippen LogP contribution in [0.3, 0.4) is 0 Å². The number of ether oxygens (including phenoxy) is 4. The van der Waals surface area contributed by atoms with Crippen LogP contribution in [0.1, 0.15) is 22.8 Å². The Kier molecular flexibility index (Phi) is 12.7. The summed E-state index contributed by atoms with van der Waals surface area (Å²) in [5, 5.41) is 10.8. The van der Waals surface area contributed by atoms with E-state index < -0.39 is 11.8 Å². The van der Waals surface area contributed by atoms with E-state index in [1.165, 1.54) is 50.5 Å². The van der Waals surface area contributed by atoms with Gasteiger partial charge >= 0.3 is 0 Å². The van der Waals surface area contributed by atoms with Crippen LogP contribution in [0.2, 0.25) is 0 Å². The van der Waals surface area contributed by atoms with E-state index in [0.29, 0.717) is 45.8 Å². The second-order valence-corrected chi connectivity index (χ2v) is 12.5. The van der Waals surface area contributed by atoms with Gasteiger partial charge in [-0.15, -0.1) is 23.1 Å². The summed E-state index contributed by atoms with van der Waals surface area (Å²) in [7, 11) is 4.50. The molecule has 0 aliphatic carbocycles. The maximum atomic E-state index is 13.6. The largest absolute Gasteiger partial charge is 0.496 e. The number of benzene rings is 4. The summed E-state index contributed by atoms with van der Waals surface area (Å²) in [6.07, 6.45) is 1.50. The average Bonchev–Trinajstić information content (AvgIpc) is 3.63. The highest BCUT2D eigenvalue weighted by atomic mass is 32.2. The molecule has 5 rings (SSSR count). The van der Waals surface area contributed by atoms with Crippen molar-refractivity contribution in [3.05, 3.63) is 113 Å². The normalized spacial score (nSPS) is 10.9. The zero-order valence-electron chi connectivity index (χ0n) is 28.4. The number of hydrogen-bond donors (Lipinski definition) is 3. The fourth-order valence-corrected chi connectivity index (χ4v) is 6.19. The van der Waals surface area contributed by atoms with Gasteiger partial charge < -0.3 is 34.9 Å². The summed E-state index contributed by atoms with van der Waals surface area (Å²) in [5.74, 6) is 0.989. The van der Waals surface area contributed by atoms with Gasteiger partial charge in [-0.1, -0.05) is 18.2 Å². The van der Waals surface area contributed by atoms with Gasteiger partial charge in [0.2, 0.25) is 5.91 Å². The Labute approximate surface area is 304 Å². The van der Waals surface area contributed by atoms with Gasteiger partial charge in [0.1, 0.15) is 17.2 Å². The highest BCUT2D eigenvalue weighted by Crippen LogP contribution is 2.36. The predicted molar refractivity (Wildman–Crippen MR) is 201 cm³/mol. The molecule has 0 radical (unpaired) electrons. The molecule has 0 saturated carbocycles. The van der Waals surface area contributed by atoms with Crippen LogP contribution in [0.5, 0.6) is 23.0 Å². The molecule has 0 fully saturated rings. The average molecular weight is 725 g/mol. The van der Waals surface area contributed by atoms with Gasteiger partial charge in [-0.2, -0.15) is 0 Å². The Bertz CT molecular complexity index is 2000. The Morgan fingerprint density at radius 2 is 1.51 bits per heavy atom. The predicted octanol–water partition coefficient (Wildman–Crippen LogP) is 7.38. The van der Waals surface area contributed by atoms with Crippen molar-refractivity contribution < 1.29 is 33.3 Å². The molecule has 1 aromatic heterocycles. The van der Waals surface area contributed by atoms with Crippen LogP contribution in [0.4, 0.5) is 10.8 Å². The number of nitrogens with one attached hydrogen (secondary N) is 3. The molecule has 0 spiro atoms. The molecule has 0 unspecified atom stereocenters. The first-order valence-electron chi connectivity index (χ1n) is 15.7. The number of thiazole rings is 1. The molecule has 262 valence electrons. The van der Waals surface area contributed by atoms with Crippen molar-refractivity contribution in [3.63, 3.8) is 0 Å². The van der Waals surface area contributed by atoms with E-state index in [9.17, 15) is 14.4 Å². The molecule has 0 aliphatic heterocycles. The molecule has 3 amide bonds. The summed E-state index contributed by atoms with van der Waals surface area (Å²) in [6.45, 7) is 2.53. The van der Waals surface area contributed by atoms with Crippen molar-refractivity contribution in [1.29, 1.82) is 0 Å². The second-order valence-electron chi connectivity index (χ2n) is 10.6. The van der Waals surface area contributed by atoms with E-state index in [4.69, 9.17) is 18.9 Å². The van der Waals surface area contributed by atoms with E-state index >= 15 is 0 Å². The minimum Gasteiger partial charge on any atom is -0.496 e. The fourth-order valence-electron chi connectivity index (χ4n) is 4.75. The minimum atomic E-state index is -0.566. The van der Waals surface area contributed by atoms with Crippen molar-refractivity contribution in [1.82, 2.24) is 10.3 Å². The third-order valence-corrected chi connectivity index (χ3v) is 9.03. The van der Waals surface area contributed by atoms with Gasteiger partial charge in [0.25, 0.3) is 11.8 Å². The summed E-state index contributed by atoms with van der Waals surface area (Å²) in [4.78, 5) is 44.8. The van der Waals surface area contributed by atoms with Gasteiger partial charge in [-0.25, -0.2) is 4.98 Å². The van der Waals surface area contributed by atoms with E-state index in [0.717, 1.165) is 21.9 Å². The number of aromatic nitrogens is 1. The lowest BCUT2D eigenvalue weighted by Crippen LogP contribution is -2.30. The number of carbonyl (C=O) groups is 3. The van der Waals surface area contributed by atoms with Crippen molar-refractivity contribution in [3.8, 4) is 34.3 Å². The zero-order chi connectivity index (χ0) is 36.2. The standard InChI is InChI=1S/C38H36N4O7S2/c1-5-49-28-15-11-24(12-16-28)31-22-51-38(41-31)42-35(43)23-50-29-17-13-27(14-18-29)39-37(45)30(40-36(44)25-9-7-6-8-10-25)19-26-20-33(47-3)34(48-4)21-32(26)46-2/h6-22H,5,23H2,1-4H3,(H,39,45)(H,40,44)(H,41,42,43)/b30-19-. The SMILES string of the molecule is CCOc1ccc(-c2csc(NC(=O)CSc3ccc(NC(=O)/C(=C/c4cc(OC)c(OC)cc4OC)NC(=O)c4ccccc4)cc3)n2)cc1. The smallest absolute Gasteiger partial charge is 0.272 e. The van der Waals surface area contributed by atoms with Gasteiger partial charge in [-0.3, -0.25) is 14.4 Å². The molecular weight excluding hydrogens is 689 g/mol. The number of anilines is 2.